The molecule has 2 heterocycles. The van der Waals surface area contributed by atoms with Crippen LogP contribution in [0.1, 0.15) is 42.2 Å². The minimum absolute atomic E-state index is 0.00809. The highest BCUT2D eigenvalue weighted by Gasteiger charge is 2.12. The number of hydrogen-bond acceptors (Lipinski definition) is 2. The van der Waals surface area contributed by atoms with E-state index in [0.717, 1.165) is 23.9 Å². The van der Waals surface area contributed by atoms with Crippen LogP contribution in [-0.4, -0.2) is 42.0 Å². The van der Waals surface area contributed by atoms with Crippen molar-refractivity contribution in [3.05, 3.63) is 35.5 Å². The van der Waals surface area contributed by atoms with Crippen LogP contribution in [0.4, 0.5) is 0 Å². The van der Waals surface area contributed by atoms with Crippen LogP contribution in [0.15, 0.2) is 24.3 Å². The Morgan fingerprint density at radius 3 is 2.82 bits per heavy atom. The van der Waals surface area contributed by atoms with Crippen molar-refractivity contribution in [1.82, 2.24) is 15.2 Å². The second-order valence-electron chi connectivity index (χ2n) is 6.12. The lowest BCUT2D eigenvalue weighted by Gasteiger charge is -2.26. The number of nitrogens with zero attached hydrogens (tertiary/aromatic N) is 1. The molecule has 0 spiro atoms. The molecule has 4 heteroatoms. The van der Waals surface area contributed by atoms with Gasteiger partial charge in [-0.1, -0.05) is 19.4 Å². The Bertz CT molecular complexity index is 641. The summed E-state index contributed by atoms with van der Waals surface area (Å²) in [5.41, 5.74) is 2.98. The molecule has 2 N–H and O–H groups in total. The lowest BCUT2D eigenvalue weighted by Crippen LogP contribution is -2.37. The van der Waals surface area contributed by atoms with E-state index in [-0.39, 0.29) is 5.91 Å². The lowest BCUT2D eigenvalue weighted by molar-refractivity contribution is 0.0942. The molecule has 0 saturated carbocycles. The van der Waals surface area contributed by atoms with Gasteiger partial charge in [-0.25, -0.2) is 0 Å². The molecule has 0 radical (unpaired) electrons. The van der Waals surface area contributed by atoms with Gasteiger partial charge in [0.25, 0.3) is 5.91 Å². The van der Waals surface area contributed by atoms with Gasteiger partial charge in [0.2, 0.25) is 0 Å². The highest BCUT2D eigenvalue weighted by atomic mass is 16.1. The molecule has 1 saturated heterocycles. The topological polar surface area (TPSA) is 48.1 Å². The molecule has 1 amide bonds. The van der Waals surface area contributed by atoms with Crippen molar-refractivity contribution in [3.8, 4) is 0 Å². The van der Waals surface area contributed by atoms with E-state index in [1.54, 1.807) is 0 Å². The third-order valence-electron chi connectivity index (χ3n) is 4.50. The van der Waals surface area contributed by atoms with E-state index in [2.05, 4.69) is 40.3 Å². The summed E-state index contributed by atoms with van der Waals surface area (Å²) in [5, 5.41) is 4.14. The third kappa shape index (κ3) is 3.50. The molecule has 0 atom stereocenters. The molecular weight excluding hydrogens is 274 g/mol. The van der Waals surface area contributed by atoms with E-state index in [4.69, 9.17) is 0 Å². The molecule has 1 aromatic carbocycles. The summed E-state index contributed by atoms with van der Waals surface area (Å²) in [4.78, 5) is 17.9. The second-order valence-corrected chi connectivity index (χ2v) is 6.12. The van der Waals surface area contributed by atoms with E-state index < -0.39 is 0 Å². The number of amides is 1. The average Bonchev–Trinajstić information content (AvgIpc) is 2.99. The first kappa shape index (κ1) is 15.1. The Kier molecular flexibility index (Phi) is 4.78. The quantitative estimate of drug-likeness (QED) is 0.892. The van der Waals surface area contributed by atoms with Crippen LogP contribution in [0.3, 0.4) is 0 Å². The number of carbonyl (C=O) groups excluding carboxylic acids is 1. The molecule has 3 rings (SSSR count). The van der Waals surface area contributed by atoms with Gasteiger partial charge in [-0.15, -0.1) is 0 Å². The molecule has 0 unspecified atom stereocenters. The fourth-order valence-corrected chi connectivity index (χ4v) is 3.13. The first-order chi connectivity index (χ1) is 10.8. The van der Waals surface area contributed by atoms with Crippen molar-refractivity contribution >= 4 is 16.8 Å². The number of likely N-dealkylation sites (tertiary alicyclic amines) is 1. The Labute approximate surface area is 131 Å². The Morgan fingerprint density at radius 2 is 2.05 bits per heavy atom. The molecule has 2 aromatic rings. The molecule has 1 fully saturated rings. The van der Waals surface area contributed by atoms with Crippen molar-refractivity contribution in [1.29, 1.82) is 0 Å². The zero-order chi connectivity index (χ0) is 15.4. The van der Waals surface area contributed by atoms with Crippen LogP contribution in [0, 0.1) is 0 Å². The number of aromatic amines is 1. The molecular formula is C18H25N3O. The molecule has 118 valence electrons. The number of aryl methyl sites for hydroxylation is 1. The first-order valence-corrected chi connectivity index (χ1v) is 8.38. The number of benzene rings is 1. The number of H-pyrrole nitrogens is 1. The number of fused-ring (bicyclic) bond motifs is 1. The van der Waals surface area contributed by atoms with Gasteiger partial charge in [-0.3, -0.25) is 4.79 Å². The zero-order valence-corrected chi connectivity index (χ0v) is 13.3. The van der Waals surface area contributed by atoms with Crippen molar-refractivity contribution in [2.75, 3.05) is 26.2 Å². The van der Waals surface area contributed by atoms with E-state index in [1.165, 1.54) is 37.9 Å². The normalized spacial score (nSPS) is 16.0. The van der Waals surface area contributed by atoms with Crippen LogP contribution in [-0.2, 0) is 6.42 Å². The van der Waals surface area contributed by atoms with Crippen molar-refractivity contribution in [2.24, 2.45) is 0 Å². The van der Waals surface area contributed by atoms with Gasteiger partial charge in [0.15, 0.2) is 0 Å². The van der Waals surface area contributed by atoms with Gasteiger partial charge < -0.3 is 15.2 Å². The van der Waals surface area contributed by atoms with Crippen LogP contribution in [0.25, 0.3) is 10.9 Å². The van der Waals surface area contributed by atoms with Gasteiger partial charge in [0.1, 0.15) is 5.69 Å². The molecule has 1 aliphatic rings. The predicted molar refractivity (Wildman–Crippen MR) is 90.3 cm³/mol. The maximum atomic E-state index is 12.2. The van der Waals surface area contributed by atoms with Crippen LogP contribution < -0.4 is 5.32 Å². The molecule has 4 nitrogen and oxygen atoms in total. The summed E-state index contributed by atoms with van der Waals surface area (Å²) in [6.07, 6.45) is 4.93. The highest BCUT2D eigenvalue weighted by Crippen LogP contribution is 2.17. The lowest BCUT2D eigenvalue weighted by atomic mass is 10.1. The number of rotatable bonds is 5. The maximum absolute atomic E-state index is 12.2. The summed E-state index contributed by atoms with van der Waals surface area (Å²) in [5.74, 6) is -0.00809. The van der Waals surface area contributed by atoms with E-state index in [0.29, 0.717) is 12.2 Å². The van der Waals surface area contributed by atoms with Gasteiger partial charge in [-0.05, 0) is 56.1 Å². The van der Waals surface area contributed by atoms with Gasteiger partial charge in [-0.2, -0.15) is 0 Å². The van der Waals surface area contributed by atoms with Gasteiger partial charge >= 0.3 is 0 Å². The first-order valence-electron chi connectivity index (χ1n) is 8.38. The summed E-state index contributed by atoms with van der Waals surface area (Å²) in [7, 11) is 0. The Hall–Kier alpha value is -1.81. The molecule has 1 aromatic heterocycles. The standard InChI is InChI=1S/C18H25N3O/c1-2-14-6-7-16-15(12-14)13-17(20-16)18(22)19-8-11-21-9-4-3-5-10-21/h6-7,12-13,20H,2-5,8-11H2,1H3,(H,19,22). The largest absolute Gasteiger partial charge is 0.351 e. The van der Waals surface area contributed by atoms with E-state index in [9.17, 15) is 4.79 Å². The number of aromatic nitrogens is 1. The van der Waals surface area contributed by atoms with E-state index in [1.807, 2.05) is 6.07 Å². The number of piperidine rings is 1. The summed E-state index contributed by atoms with van der Waals surface area (Å²) < 4.78 is 0. The molecule has 22 heavy (non-hydrogen) atoms. The van der Waals surface area contributed by atoms with Crippen LogP contribution >= 0.6 is 0 Å². The Morgan fingerprint density at radius 1 is 1.23 bits per heavy atom. The SMILES string of the molecule is CCc1ccc2[nH]c(C(=O)NCCN3CCCCC3)cc2c1. The molecule has 1 aliphatic heterocycles. The van der Waals surface area contributed by atoms with Gasteiger partial charge in [0, 0.05) is 24.0 Å². The third-order valence-corrected chi connectivity index (χ3v) is 4.50. The molecule has 0 aliphatic carbocycles. The highest BCUT2D eigenvalue weighted by molar-refractivity contribution is 5.98. The van der Waals surface area contributed by atoms with Crippen molar-refractivity contribution in [3.63, 3.8) is 0 Å². The number of hydrogen-bond donors (Lipinski definition) is 2. The molecule has 0 bridgehead atoms. The number of nitrogens with one attached hydrogen (secondary N) is 2. The average molecular weight is 299 g/mol. The van der Waals surface area contributed by atoms with Crippen molar-refractivity contribution in [2.45, 2.75) is 32.6 Å². The van der Waals surface area contributed by atoms with Crippen LogP contribution in [0.2, 0.25) is 0 Å². The minimum Gasteiger partial charge on any atom is -0.351 e. The monoisotopic (exact) mass is 299 g/mol. The van der Waals surface area contributed by atoms with E-state index >= 15 is 0 Å². The second kappa shape index (κ2) is 6.97. The van der Waals surface area contributed by atoms with Gasteiger partial charge in [0.05, 0.1) is 0 Å². The zero-order valence-electron chi connectivity index (χ0n) is 13.3. The smallest absolute Gasteiger partial charge is 0.267 e. The summed E-state index contributed by atoms with van der Waals surface area (Å²) in [6.45, 7) is 6.15. The number of carbonyl (C=O) groups is 1. The Balaban J connectivity index is 1.57. The van der Waals surface area contributed by atoms with Crippen LogP contribution in [0.5, 0.6) is 0 Å². The summed E-state index contributed by atoms with van der Waals surface area (Å²) >= 11 is 0. The minimum atomic E-state index is -0.00809. The summed E-state index contributed by atoms with van der Waals surface area (Å²) in [6, 6.07) is 8.26. The fraction of sp³-hybridized carbons (Fsp3) is 0.500. The van der Waals surface area contributed by atoms with Crippen molar-refractivity contribution < 1.29 is 4.79 Å². The predicted octanol–water partition coefficient (Wildman–Crippen LogP) is 2.95. The maximum Gasteiger partial charge on any atom is 0.267 e. The fourth-order valence-electron chi connectivity index (χ4n) is 3.13.